The molecule has 0 fully saturated rings. The Hall–Kier alpha value is -3.22. The van der Waals surface area contributed by atoms with Gasteiger partial charge in [-0.3, -0.25) is 4.99 Å². The summed E-state index contributed by atoms with van der Waals surface area (Å²) < 4.78 is 10.6. The number of nitrogens with zero attached hydrogens (tertiary/aromatic N) is 2. The third-order valence-corrected chi connectivity index (χ3v) is 4.07. The van der Waals surface area contributed by atoms with Gasteiger partial charge in [0, 0.05) is 36.6 Å². The van der Waals surface area contributed by atoms with Crippen LogP contribution in [0.25, 0.3) is 0 Å². The van der Waals surface area contributed by atoms with E-state index in [1.165, 1.54) is 0 Å². The number of anilines is 2. The number of likely N-dealkylation sites (N-methyl/N-ethyl adjacent to an activating group) is 1. The van der Waals surface area contributed by atoms with E-state index in [4.69, 9.17) is 9.47 Å². The first kappa shape index (κ1) is 15.3. The van der Waals surface area contributed by atoms with E-state index < -0.39 is 0 Å². The maximum absolute atomic E-state index is 12.2. The highest BCUT2D eigenvalue weighted by atomic mass is 16.7. The number of rotatable bonds is 3. The van der Waals surface area contributed by atoms with Crippen molar-refractivity contribution in [3.05, 3.63) is 48.0 Å². The van der Waals surface area contributed by atoms with Gasteiger partial charge in [0.1, 0.15) is 5.84 Å². The highest BCUT2D eigenvalue weighted by Gasteiger charge is 2.16. The van der Waals surface area contributed by atoms with Crippen molar-refractivity contribution in [2.24, 2.45) is 4.99 Å². The summed E-state index contributed by atoms with van der Waals surface area (Å²) >= 11 is 0. The number of ether oxygens (including phenoxy) is 2. The van der Waals surface area contributed by atoms with Gasteiger partial charge in [-0.15, -0.1) is 0 Å². The first-order chi connectivity index (χ1) is 12.2. The minimum atomic E-state index is -0.322. The second-order valence-corrected chi connectivity index (χ2v) is 5.85. The number of carbonyl (C=O) groups is 1. The molecule has 2 aromatic carbocycles. The van der Waals surface area contributed by atoms with E-state index in [2.05, 4.69) is 20.5 Å². The van der Waals surface area contributed by atoms with Crippen molar-refractivity contribution in [3.63, 3.8) is 0 Å². The Balaban J connectivity index is 1.44. The Morgan fingerprint density at radius 2 is 1.88 bits per heavy atom. The van der Waals surface area contributed by atoms with Crippen molar-refractivity contribution < 1.29 is 14.3 Å². The lowest BCUT2D eigenvalue weighted by atomic mass is 10.1. The van der Waals surface area contributed by atoms with Crippen LogP contribution in [0.4, 0.5) is 16.2 Å². The molecule has 25 heavy (non-hydrogen) atoms. The van der Waals surface area contributed by atoms with E-state index in [9.17, 15) is 4.79 Å². The number of urea groups is 1. The van der Waals surface area contributed by atoms with E-state index in [0.29, 0.717) is 22.9 Å². The average molecular weight is 338 g/mol. The number of amides is 2. The van der Waals surface area contributed by atoms with Crippen LogP contribution in [-0.2, 0) is 0 Å². The maximum Gasteiger partial charge on any atom is 0.323 e. The van der Waals surface area contributed by atoms with Crippen LogP contribution in [0.2, 0.25) is 0 Å². The van der Waals surface area contributed by atoms with E-state index in [1.807, 2.05) is 31.3 Å². The van der Waals surface area contributed by atoms with Gasteiger partial charge in [-0.05, 0) is 24.3 Å². The number of hydrogen-bond donors (Lipinski definition) is 2. The highest BCUT2D eigenvalue weighted by Crippen LogP contribution is 2.34. The summed E-state index contributed by atoms with van der Waals surface area (Å²) in [5, 5.41) is 5.63. The van der Waals surface area contributed by atoms with E-state index >= 15 is 0 Å². The molecule has 0 saturated carbocycles. The van der Waals surface area contributed by atoms with Crippen LogP contribution in [0.5, 0.6) is 11.5 Å². The smallest absolute Gasteiger partial charge is 0.323 e. The number of fused-ring (bicyclic) bond motifs is 1. The van der Waals surface area contributed by atoms with E-state index in [-0.39, 0.29) is 12.8 Å². The van der Waals surface area contributed by atoms with Gasteiger partial charge in [0.15, 0.2) is 11.5 Å². The van der Waals surface area contributed by atoms with Gasteiger partial charge in [0.2, 0.25) is 6.79 Å². The normalized spacial score (nSPS) is 15.1. The Morgan fingerprint density at radius 1 is 1.08 bits per heavy atom. The Kier molecular flexibility index (Phi) is 3.89. The lowest BCUT2D eigenvalue weighted by Gasteiger charge is -2.15. The number of benzene rings is 2. The highest BCUT2D eigenvalue weighted by molar-refractivity contribution is 6.03. The van der Waals surface area contributed by atoms with E-state index in [0.717, 1.165) is 24.5 Å². The summed E-state index contributed by atoms with van der Waals surface area (Å²) in [5.41, 5.74) is 2.33. The Bertz CT molecular complexity index is 850. The molecule has 4 rings (SSSR count). The first-order valence-electron chi connectivity index (χ1n) is 8.03. The molecule has 128 valence electrons. The molecule has 0 bridgehead atoms. The Morgan fingerprint density at radius 3 is 2.68 bits per heavy atom. The molecule has 0 spiro atoms. The summed E-state index contributed by atoms with van der Waals surface area (Å²) in [6.45, 7) is 1.92. The summed E-state index contributed by atoms with van der Waals surface area (Å²) in [4.78, 5) is 18.8. The molecular formula is C18H18N4O3. The molecule has 0 saturated heterocycles. The first-order valence-corrected chi connectivity index (χ1v) is 8.03. The molecule has 0 atom stereocenters. The van der Waals surface area contributed by atoms with Gasteiger partial charge in [-0.25, -0.2) is 4.79 Å². The van der Waals surface area contributed by atoms with Gasteiger partial charge < -0.3 is 25.0 Å². The third-order valence-electron chi connectivity index (χ3n) is 4.07. The molecular weight excluding hydrogens is 320 g/mol. The van der Waals surface area contributed by atoms with Crippen molar-refractivity contribution >= 4 is 23.2 Å². The zero-order valence-electron chi connectivity index (χ0n) is 13.8. The van der Waals surface area contributed by atoms with Crippen LogP contribution in [0.3, 0.4) is 0 Å². The van der Waals surface area contributed by atoms with Crippen LogP contribution in [0.15, 0.2) is 47.5 Å². The topological polar surface area (TPSA) is 75.2 Å². The molecule has 0 unspecified atom stereocenters. The monoisotopic (exact) mass is 338 g/mol. The van der Waals surface area contributed by atoms with Gasteiger partial charge in [-0.1, -0.05) is 12.1 Å². The van der Waals surface area contributed by atoms with Crippen molar-refractivity contribution in [1.29, 1.82) is 0 Å². The van der Waals surface area contributed by atoms with Gasteiger partial charge in [0.25, 0.3) is 0 Å². The number of amidine groups is 1. The molecule has 7 heteroatoms. The van der Waals surface area contributed by atoms with Crippen LogP contribution in [0.1, 0.15) is 5.56 Å². The standard InChI is InChI=1S/C18H18N4O3/c1-22-8-7-19-17(22)12-3-2-4-13(9-12)20-18(23)21-14-5-6-15-16(10-14)25-11-24-15/h2-6,9-10H,7-8,11H2,1H3,(H2,20,21,23). The Labute approximate surface area is 145 Å². The van der Waals surface area contributed by atoms with Gasteiger partial charge in [-0.2, -0.15) is 0 Å². The summed E-state index contributed by atoms with van der Waals surface area (Å²) in [7, 11) is 2.01. The number of carbonyl (C=O) groups excluding carboxylic acids is 1. The largest absolute Gasteiger partial charge is 0.454 e. The molecule has 2 aromatic rings. The third kappa shape index (κ3) is 3.21. The zero-order chi connectivity index (χ0) is 17.2. The van der Waals surface area contributed by atoms with Crippen molar-refractivity contribution in [1.82, 2.24) is 4.90 Å². The van der Waals surface area contributed by atoms with Gasteiger partial charge in [0.05, 0.1) is 6.54 Å². The maximum atomic E-state index is 12.2. The zero-order valence-corrected chi connectivity index (χ0v) is 13.8. The van der Waals surface area contributed by atoms with E-state index in [1.54, 1.807) is 18.2 Å². The van der Waals surface area contributed by atoms with Crippen molar-refractivity contribution in [3.8, 4) is 11.5 Å². The molecule has 2 aliphatic rings. The molecule has 0 aliphatic carbocycles. The van der Waals surface area contributed by atoms with Crippen molar-refractivity contribution in [2.45, 2.75) is 0 Å². The number of aliphatic imine (C=N–C) groups is 1. The van der Waals surface area contributed by atoms with Crippen molar-refractivity contribution in [2.75, 3.05) is 37.6 Å². The summed E-state index contributed by atoms with van der Waals surface area (Å²) in [5.74, 6) is 2.25. The average Bonchev–Trinajstić information content (AvgIpc) is 3.23. The molecule has 7 nitrogen and oxygen atoms in total. The quantitative estimate of drug-likeness (QED) is 0.902. The van der Waals surface area contributed by atoms with Crippen LogP contribution in [0, 0.1) is 0 Å². The molecule has 0 aromatic heterocycles. The summed E-state index contributed by atoms with van der Waals surface area (Å²) in [6.07, 6.45) is 0. The second kappa shape index (κ2) is 6.35. The minimum Gasteiger partial charge on any atom is -0.454 e. The van der Waals surface area contributed by atoms with Crippen LogP contribution < -0.4 is 20.1 Å². The van der Waals surface area contributed by atoms with Crippen LogP contribution >= 0.6 is 0 Å². The molecule has 2 heterocycles. The predicted octanol–water partition coefficient (Wildman–Crippen LogP) is 2.75. The SMILES string of the molecule is CN1CCN=C1c1cccc(NC(=O)Nc2ccc3c(c2)OCO3)c1. The molecule has 2 aliphatic heterocycles. The fraction of sp³-hybridized carbons (Fsp3) is 0.222. The fourth-order valence-corrected chi connectivity index (χ4v) is 2.85. The molecule has 0 radical (unpaired) electrons. The number of nitrogens with one attached hydrogen (secondary N) is 2. The molecule has 2 N–H and O–H groups in total. The van der Waals surface area contributed by atoms with Gasteiger partial charge >= 0.3 is 6.03 Å². The lowest BCUT2D eigenvalue weighted by molar-refractivity contribution is 0.174. The van der Waals surface area contributed by atoms with Crippen LogP contribution in [-0.4, -0.2) is 43.7 Å². The lowest BCUT2D eigenvalue weighted by Crippen LogP contribution is -2.24. The molecule has 2 amide bonds. The number of hydrogen-bond acceptors (Lipinski definition) is 5. The summed E-state index contributed by atoms with van der Waals surface area (Å²) in [6, 6.07) is 12.6. The fourth-order valence-electron chi connectivity index (χ4n) is 2.85. The second-order valence-electron chi connectivity index (χ2n) is 5.85. The minimum absolute atomic E-state index is 0.204. The predicted molar refractivity (Wildman–Crippen MR) is 95.7 cm³/mol.